The lowest BCUT2D eigenvalue weighted by molar-refractivity contribution is -0.274. The SMILES string of the molecule is C[C@@H](N[C@H]1CCCC[C@@H]1NS(=O)(=O)c1ccc(OC(F)(F)F)cc1)c1cccc2ccccc12.Cl. The zero-order valence-electron chi connectivity index (χ0n) is 19.1. The fourth-order valence-electron chi connectivity index (χ4n) is 4.60. The van der Waals surface area contributed by atoms with E-state index in [9.17, 15) is 21.6 Å². The molecule has 0 radical (unpaired) electrons. The van der Waals surface area contributed by atoms with E-state index in [-0.39, 0.29) is 35.4 Å². The van der Waals surface area contributed by atoms with Crippen molar-refractivity contribution >= 4 is 33.2 Å². The number of alkyl halides is 3. The molecule has 0 aliphatic heterocycles. The van der Waals surface area contributed by atoms with Gasteiger partial charge in [0.2, 0.25) is 10.0 Å². The minimum absolute atomic E-state index is 0. The van der Waals surface area contributed by atoms with Crippen LogP contribution in [0.5, 0.6) is 5.75 Å². The minimum Gasteiger partial charge on any atom is -0.406 e. The Hall–Kier alpha value is -2.33. The van der Waals surface area contributed by atoms with Gasteiger partial charge in [0.15, 0.2) is 0 Å². The van der Waals surface area contributed by atoms with Crippen LogP contribution in [0.1, 0.15) is 44.2 Å². The van der Waals surface area contributed by atoms with Crippen molar-refractivity contribution in [1.82, 2.24) is 10.0 Å². The molecule has 10 heteroatoms. The lowest BCUT2D eigenvalue weighted by Crippen LogP contribution is -2.52. The Kier molecular flexibility index (Phi) is 8.69. The van der Waals surface area contributed by atoms with Gasteiger partial charge in [-0.2, -0.15) is 0 Å². The van der Waals surface area contributed by atoms with Crippen LogP contribution in [0, 0.1) is 0 Å². The third-order valence-corrected chi connectivity index (χ3v) is 7.70. The summed E-state index contributed by atoms with van der Waals surface area (Å²) in [6.45, 7) is 2.07. The van der Waals surface area contributed by atoms with Crippen LogP contribution in [0.2, 0.25) is 0 Å². The zero-order chi connectivity index (χ0) is 24.3. The van der Waals surface area contributed by atoms with Gasteiger partial charge in [0.1, 0.15) is 5.75 Å². The molecular weight excluding hydrogens is 501 g/mol. The van der Waals surface area contributed by atoms with Gasteiger partial charge in [-0.1, -0.05) is 55.3 Å². The standard InChI is InChI=1S/C25H27F3N2O3S.ClH/c1-17(21-10-6-8-18-7-2-3-9-22(18)21)29-23-11-4-5-12-24(23)30-34(31,32)20-15-13-19(14-16-20)33-25(26,27)28;/h2-3,6-10,13-17,23-24,29-30H,4-5,11-12H2,1H3;1H/t17-,23+,24+;/m1./s1. The highest BCUT2D eigenvalue weighted by Crippen LogP contribution is 2.28. The molecule has 2 N–H and O–H groups in total. The van der Waals surface area contributed by atoms with E-state index in [2.05, 4.69) is 46.0 Å². The Morgan fingerprint density at radius 2 is 1.54 bits per heavy atom. The number of hydrogen-bond acceptors (Lipinski definition) is 4. The highest BCUT2D eigenvalue weighted by Gasteiger charge is 2.32. The topological polar surface area (TPSA) is 67.4 Å². The lowest BCUT2D eigenvalue weighted by Gasteiger charge is -2.35. The number of fused-ring (bicyclic) bond motifs is 1. The Labute approximate surface area is 209 Å². The summed E-state index contributed by atoms with van der Waals surface area (Å²) in [4.78, 5) is -0.103. The maximum atomic E-state index is 13.0. The number of halogens is 4. The van der Waals surface area contributed by atoms with E-state index in [1.165, 1.54) is 0 Å². The maximum absolute atomic E-state index is 13.0. The molecule has 0 amide bonds. The predicted molar refractivity (Wildman–Crippen MR) is 132 cm³/mol. The first-order valence-corrected chi connectivity index (χ1v) is 12.7. The zero-order valence-corrected chi connectivity index (χ0v) is 20.7. The quantitative estimate of drug-likeness (QED) is 0.389. The van der Waals surface area contributed by atoms with E-state index < -0.39 is 22.1 Å². The first-order valence-electron chi connectivity index (χ1n) is 11.2. The summed E-state index contributed by atoms with van der Waals surface area (Å²) in [5, 5.41) is 5.91. The molecule has 35 heavy (non-hydrogen) atoms. The highest BCUT2D eigenvalue weighted by molar-refractivity contribution is 7.89. The molecule has 0 spiro atoms. The molecule has 0 saturated heterocycles. The average molecular weight is 529 g/mol. The van der Waals surface area contributed by atoms with E-state index in [1.807, 2.05) is 18.2 Å². The first-order chi connectivity index (χ1) is 16.1. The third kappa shape index (κ3) is 6.88. The molecule has 1 aliphatic rings. The molecule has 3 aromatic carbocycles. The summed E-state index contributed by atoms with van der Waals surface area (Å²) in [6, 6.07) is 18.1. The van der Waals surface area contributed by atoms with Gasteiger partial charge in [0.05, 0.1) is 4.90 Å². The largest absolute Gasteiger partial charge is 0.573 e. The van der Waals surface area contributed by atoms with E-state index in [1.54, 1.807) is 0 Å². The van der Waals surface area contributed by atoms with Crippen LogP contribution >= 0.6 is 12.4 Å². The number of benzene rings is 3. The second-order valence-electron chi connectivity index (χ2n) is 8.59. The molecule has 190 valence electrons. The van der Waals surface area contributed by atoms with Crippen LogP contribution < -0.4 is 14.8 Å². The number of ether oxygens (including phenoxy) is 1. The van der Waals surface area contributed by atoms with Crippen molar-refractivity contribution in [2.45, 2.75) is 62.0 Å². The molecule has 0 unspecified atom stereocenters. The minimum atomic E-state index is -4.83. The van der Waals surface area contributed by atoms with E-state index >= 15 is 0 Å². The summed E-state index contributed by atoms with van der Waals surface area (Å²) in [5.41, 5.74) is 1.14. The van der Waals surface area contributed by atoms with Gasteiger partial charge in [-0.25, -0.2) is 13.1 Å². The predicted octanol–water partition coefficient (Wildman–Crippen LogP) is 6.10. The van der Waals surface area contributed by atoms with Crippen LogP contribution in [0.15, 0.2) is 71.6 Å². The Morgan fingerprint density at radius 3 is 2.23 bits per heavy atom. The fraction of sp³-hybridized carbons (Fsp3) is 0.360. The number of sulfonamides is 1. The van der Waals surface area contributed by atoms with Crippen LogP contribution in [-0.2, 0) is 10.0 Å². The number of rotatable bonds is 7. The smallest absolute Gasteiger partial charge is 0.406 e. The van der Waals surface area contributed by atoms with Crippen LogP contribution in [0.3, 0.4) is 0 Å². The monoisotopic (exact) mass is 528 g/mol. The van der Waals surface area contributed by atoms with Crippen LogP contribution in [0.4, 0.5) is 13.2 Å². The molecular formula is C25H28ClF3N2O3S. The van der Waals surface area contributed by atoms with Gasteiger partial charge in [-0.15, -0.1) is 25.6 Å². The summed E-state index contributed by atoms with van der Waals surface area (Å²) in [6.07, 6.45) is -1.45. The van der Waals surface area contributed by atoms with E-state index in [4.69, 9.17) is 0 Å². The molecule has 3 aromatic rings. The molecule has 0 bridgehead atoms. The van der Waals surface area contributed by atoms with Gasteiger partial charge >= 0.3 is 6.36 Å². The van der Waals surface area contributed by atoms with Crippen molar-refractivity contribution in [3.05, 3.63) is 72.3 Å². The molecule has 4 rings (SSSR count). The normalized spacial score (nSPS) is 19.7. The second-order valence-corrected chi connectivity index (χ2v) is 10.3. The Bertz CT molecular complexity index is 1230. The molecule has 0 aromatic heterocycles. The Morgan fingerprint density at radius 1 is 0.914 bits per heavy atom. The third-order valence-electron chi connectivity index (χ3n) is 6.19. The summed E-state index contributed by atoms with van der Waals surface area (Å²) in [5.74, 6) is -0.465. The van der Waals surface area contributed by atoms with Crippen LogP contribution in [0.25, 0.3) is 10.8 Å². The first kappa shape index (κ1) is 27.3. The van der Waals surface area contributed by atoms with Crippen molar-refractivity contribution in [2.24, 2.45) is 0 Å². The molecule has 1 saturated carbocycles. The summed E-state index contributed by atoms with van der Waals surface area (Å²) < 4.78 is 69.7. The molecule has 1 aliphatic carbocycles. The van der Waals surface area contributed by atoms with Crippen molar-refractivity contribution < 1.29 is 26.3 Å². The van der Waals surface area contributed by atoms with Gasteiger partial charge < -0.3 is 10.1 Å². The lowest BCUT2D eigenvalue weighted by atomic mass is 9.89. The van der Waals surface area contributed by atoms with Crippen molar-refractivity contribution in [3.8, 4) is 5.75 Å². The van der Waals surface area contributed by atoms with E-state index in [0.717, 1.165) is 59.9 Å². The maximum Gasteiger partial charge on any atom is 0.573 e. The number of nitrogens with one attached hydrogen (secondary N) is 2. The molecule has 1 fully saturated rings. The summed E-state index contributed by atoms with van der Waals surface area (Å²) >= 11 is 0. The van der Waals surface area contributed by atoms with Gasteiger partial charge in [0.25, 0.3) is 0 Å². The van der Waals surface area contributed by atoms with Gasteiger partial charge in [-0.3, -0.25) is 0 Å². The average Bonchev–Trinajstić information content (AvgIpc) is 2.79. The number of hydrogen-bond donors (Lipinski definition) is 2. The fourth-order valence-corrected chi connectivity index (χ4v) is 5.91. The van der Waals surface area contributed by atoms with Crippen molar-refractivity contribution in [2.75, 3.05) is 0 Å². The molecule has 5 nitrogen and oxygen atoms in total. The summed E-state index contributed by atoms with van der Waals surface area (Å²) in [7, 11) is -3.92. The van der Waals surface area contributed by atoms with Crippen molar-refractivity contribution in [3.63, 3.8) is 0 Å². The van der Waals surface area contributed by atoms with Crippen molar-refractivity contribution in [1.29, 1.82) is 0 Å². The van der Waals surface area contributed by atoms with E-state index in [0.29, 0.717) is 6.42 Å². The molecule has 3 atom stereocenters. The van der Waals surface area contributed by atoms with Crippen LogP contribution in [-0.4, -0.2) is 26.9 Å². The highest BCUT2D eigenvalue weighted by atomic mass is 35.5. The second kappa shape index (κ2) is 11.2. The Balaban J connectivity index is 0.00000342. The molecule has 0 heterocycles. The van der Waals surface area contributed by atoms with Gasteiger partial charge in [0, 0.05) is 18.1 Å². The van der Waals surface area contributed by atoms with Gasteiger partial charge in [-0.05, 0) is 60.4 Å².